The minimum absolute atomic E-state index is 1.05. The normalized spacial score (nSPS) is 8.40. The molecular weight excluding hydrogens is 112 g/mol. The van der Waals surface area contributed by atoms with E-state index in [1.165, 1.54) is 0 Å². The molecule has 0 rings (SSSR count). The Kier molecular flexibility index (Phi) is 5.07. The van der Waals surface area contributed by atoms with Gasteiger partial charge in [-0.05, 0) is 0 Å². The highest BCUT2D eigenvalue weighted by molar-refractivity contribution is 7.93. The Balaban J connectivity index is 2.19. The van der Waals surface area contributed by atoms with Crippen molar-refractivity contribution in [3.05, 3.63) is 0 Å². The molecule has 0 heterocycles. The predicted octanol–water partition coefficient (Wildman–Crippen LogP) is 1.37. The molecule has 0 aliphatic rings. The molecule has 5 heavy (non-hydrogen) atoms. The number of rotatable bonds is 2. The summed E-state index contributed by atoms with van der Waals surface area (Å²) >= 11 is 5.61. The van der Waals surface area contributed by atoms with E-state index in [1.807, 2.05) is 0 Å². The van der Waals surface area contributed by atoms with Crippen LogP contribution in [0.1, 0.15) is 0 Å². The van der Waals surface area contributed by atoms with Gasteiger partial charge in [0.15, 0.2) is 0 Å². The fraction of sp³-hybridized carbons (Fsp3) is 1.00. The molecule has 0 fully saturated rings. The third kappa shape index (κ3) is 4.56. The van der Waals surface area contributed by atoms with Crippen LogP contribution >= 0.6 is 23.9 Å². The SMILES string of the molecule is CSOOCl. The van der Waals surface area contributed by atoms with Crippen molar-refractivity contribution in [3.8, 4) is 0 Å². The van der Waals surface area contributed by atoms with Crippen molar-refractivity contribution in [1.82, 2.24) is 0 Å². The molecule has 0 aliphatic heterocycles. The maximum atomic E-state index is 4.56. The Morgan fingerprint density at radius 3 is 2.40 bits per heavy atom. The van der Waals surface area contributed by atoms with Gasteiger partial charge in [0.25, 0.3) is 0 Å². The summed E-state index contributed by atoms with van der Waals surface area (Å²) in [4.78, 5) is 0. The molecule has 0 bridgehead atoms. The molecule has 0 unspecified atom stereocenters. The zero-order chi connectivity index (χ0) is 4.12. The number of halogens is 1. The number of hydrogen-bond donors (Lipinski definition) is 0. The molecule has 0 N–H and O–H groups in total. The Labute approximate surface area is 39.7 Å². The zero-order valence-electron chi connectivity index (χ0n) is 2.60. The summed E-state index contributed by atoms with van der Waals surface area (Å²) in [5.41, 5.74) is 0. The molecule has 0 aromatic heterocycles. The van der Waals surface area contributed by atoms with Crippen molar-refractivity contribution < 1.29 is 8.77 Å². The van der Waals surface area contributed by atoms with Crippen molar-refractivity contribution in [2.45, 2.75) is 0 Å². The fourth-order valence-corrected chi connectivity index (χ4v) is 0.231. The summed E-state index contributed by atoms with van der Waals surface area (Å²) in [6.07, 6.45) is 1.70. The highest BCUT2D eigenvalue weighted by atomic mass is 35.5. The van der Waals surface area contributed by atoms with E-state index in [1.54, 1.807) is 6.26 Å². The minimum Gasteiger partial charge on any atom is -0.145 e. The first-order chi connectivity index (χ1) is 2.41. The van der Waals surface area contributed by atoms with Gasteiger partial charge in [-0.25, -0.2) is 0 Å². The first kappa shape index (κ1) is 5.56. The Bertz CT molecular complexity index is 17.1. The smallest absolute Gasteiger partial charge is 0.101 e. The van der Waals surface area contributed by atoms with E-state index in [0.29, 0.717) is 0 Å². The van der Waals surface area contributed by atoms with Gasteiger partial charge in [-0.3, -0.25) is 0 Å². The van der Waals surface area contributed by atoms with Gasteiger partial charge >= 0.3 is 0 Å². The second kappa shape index (κ2) is 4.56. The van der Waals surface area contributed by atoms with Gasteiger partial charge in [-0.1, -0.05) is 0 Å². The average Bonchev–Trinajstić information content (AvgIpc) is 1.41. The van der Waals surface area contributed by atoms with Crippen LogP contribution in [0.2, 0.25) is 0 Å². The summed E-state index contributed by atoms with van der Waals surface area (Å²) < 4.78 is 7.64. The van der Waals surface area contributed by atoms with Crippen molar-refractivity contribution in [2.24, 2.45) is 0 Å². The molecule has 4 heteroatoms. The largest absolute Gasteiger partial charge is 0.145 e. The maximum absolute atomic E-state index is 4.56. The van der Waals surface area contributed by atoms with Crippen LogP contribution in [-0.4, -0.2) is 6.26 Å². The summed E-state index contributed by atoms with van der Waals surface area (Å²) in [6.45, 7) is 0. The molecular formula is CH3ClO2S. The van der Waals surface area contributed by atoms with Crippen LogP contribution in [0.4, 0.5) is 0 Å². The minimum atomic E-state index is 1.05. The Morgan fingerprint density at radius 2 is 2.40 bits per heavy atom. The van der Waals surface area contributed by atoms with Crippen molar-refractivity contribution >= 4 is 23.9 Å². The lowest BCUT2D eigenvalue weighted by molar-refractivity contribution is -0.0677. The first-order valence-corrected chi connectivity index (χ1v) is 2.35. The van der Waals surface area contributed by atoms with Gasteiger partial charge in [0.05, 0.1) is 0 Å². The van der Waals surface area contributed by atoms with Gasteiger partial charge in [0, 0.05) is 18.3 Å². The summed E-state index contributed by atoms with van der Waals surface area (Å²) in [5, 5.41) is 0. The van der Waals surface area contributed by atoms with Crippen LogP contribution in [0, 0.1) is 0 Å². The van der Waals surface area contributed by atoms with Crippen LogP contribution in [0.25, 0.3) is 0 Å². The maximum Gasteiger partial charge on any atom is 0.101 e. The standard InChI is InChI=1S/CH3ClO2S/c1-5-4-3-2/h1H3. The van der Waals surface area contributed by atoms with Gasteiger partial charge < -0.3 is 0 Å². The first-order valence-electron chi connectivity index (χ1n) is 0.896. The third-order valence-corrected chi connectivity index (χ3v) is 0.436. The van der Waals surface area contributed by atoms with Crippen LogP contribution in [-0.2, 0) is 8.77 Å². The summed E-state index contributed by atoms with van der Waals surface area (Å²) in [6, 6.07) is 0. The summed E-state index contributed by atoms with van der Waals surface area (Å²) in [5.74, 6) is 0. The lowest BCUT2D eigenvalue weighted by atomic mass is 12.0. The van der Waals surface area contributed by atoms with E-state index < -0.39 is 0 Å². The highest BCUT2D eigenvalue weighted by Gasteiger charge is 1.68. The molecule has 0 atom stereocenters. The van der Waals surface area contributed by atoms with Crippen molar-refractivity contribution in [1.29, 1.82) is 0 Å². The third-order valence-electron chi connectivity index (χ3n) is 0.0938. The molecule has 0 saturated carbocycles. The molecule has 32 valence electrons. The van der Waals surface area contributed by atoms with Crippen molar-refractivity contribution in [2.75, 3.05) is 6.26 Å². The molecule has 2 nitrogen and oxygen atoms in total. The van der Waals surface area contributed by atoms with Gasteiger partial charge in [0.2, 0.25) is 0 Å². The predicted molar refractivity (Wildman–Crippen MR) is 21.5 cm³/mol. The fourth-order valence-electron chi connectivity index (χ4n) is 0.0257. The second-order valence-electron chi connectivity index (χ2n) is 0.298. The highest BCUT2D eigenvalue weighted by Crippen LogP contribution is 1.95. The molecule has 0 aromatic carbocycles. The van der Waals surface area contributed by atoms with Crippen molar-refractivity contribution in [3.63, 3.8) is 0 Å². The van der Waals surface area contributed by atoms with E-state index in [0.717, 1.165) is 12.0 Å². The molecule has 0 radical (unpaired) electrons. The van der Waals surface area contributed by atoms with E-state index >= 15 is 0 Å². The van der Waals surface area contributed by atoms with Crippen LogP contribution in [0.3, 0.4) is 0 Å². The summed E-state index contributed by atoms with van der Waals surface area (Å²) in [7, 11) is 0. The average molecular weight is 115 g/mol. The van der Waals surface area contributed by atoms with Crippen LogP contribution in [0.15, 0.2) is 0 Å². The second-order valence-corrected chi connectivity index (χ2v) is 0.893. The quantitative estimate of drug-likeness (QED) is 0.307. The van der Waals surface area contributed by atoms with Gasteiger partial charge in [0.1, 0.15) is 11.9 Å². The van der Waals surface area contributed by atoms with E-state index in [4.69, 9.17) is 0 Å². The number of hydrogen-bond acceptors (Lipinski definition) is 3. The molecule has 0 saturated heterocycles. The van der Waals surface area contributed by atoms with Gasteiger partial charge in [-0.15, -0.1) is 8.77 Å². The Hall–Kier alpha value is 0.560. The lowest BCUT2D eigenvalue weighted by Crippen LogP contribution is -1.61. The molecule has 0 spiro atoms. The van der Waals surface area contributed by atoms with E-state index in [2.05, 4.69) is 20.6 Å². The molecule has 0 amide bonds. The Morgan fingerprint density at radius 1 is 1.80 bits per heavy atom. The molecule has 0 aromatic rings. The lowest BCUT2D eigenvalue weighted by Gasteiger charge is -1.79. The van der Waals surface area contributed by atoms with Crippen LogP contribution in [0.5, 0.6) is 0 Å². The molecule has 0 aliphatic carbocycles. The van der Waals surface area contributed by atoms with E-state index in [9.17, 15) is 0 Å². The van der Waals surface area contributed by atoms with Gasteiger partial charge in [-0.2, -0.15) is 0 Å². The monoisotopic (exact) mass is 114 g/mol. The van der Waals surface area contributed by atoms with E-state index in [-0.39, 0.29) is 0 Å². The zero-order valence-corrected chi connectivity index (χ0v) is 4.18. The topological polar surface area (TPSA) is 18.5 Å². The van der Waals surface area contributed by atoms with Crippen LogP contribution < -0.4 is 0 Å².